The number of hydrogen-bond acceptors (Lipinski definition) is 6. The molecule has 0 saturated carbocycles. The van der Waals surface area contributed by atoms with Gasteiger partial charge < -0.3 is 15.4 Å². The Hall–Kier alpha value is -4.15. The zero-order valence-corrected chi connectivity index (χ0v) is 19.9. The van der Waals surface area contributed by atoms with E-state index in [-0.39, 0.29) is 11.6 Å². The summed E-state index contributed by atoms with van der Waals surface area (Å²) >= 11 is 1.66. The molecule has 7 heteroatoms. The van der Waals surface area contributed by atoms with E-state index in [9.17, 15) is 10.1 Å². The number of rotatable bonds is 7. The fraction of sp³-hybridized carbons (Fsp3) is 0.148. The number of hydrogen-bond donors (Lipinski definition) is 2. The van der Waals surface area contributed by atoms with E-state index in [4.69, 9.17) is 9.72 Å². The fourth-order valence-electron chi connectivity index (χ4n) is 3.42. The Balaban J connectivity index is 1.41. The molecule has 2 N–H and O–H groups in total. The average Bonchev–Trinajstić information content (AvgIpc) is 3.28. The standard InChI is InChI=1S/C27H24N4O2S/c1-17-4-13-24-25(14-17)34-27(31-24)20-5-9-22(10-6-20)29-16-21(15-28)26(32)30-18(2)19-7-11-23(33-3)12-8-19/h4-14,16,18,29H,1-3H3,(H,30,32)/b21-16-. The molecule has 34 heavy (non-hydrogen) atoms. The minimum atomic E-state index is -0.445. The lowest BCUT2D eigenvalue weighted by Gasteiger charge is -2.14. The van der Waals surface area contributed by atoms with Crippen LogP contribution >= 0.6 is 11.3 Å². The van der Waals surface area contributed by atoms with Crippen molar-refractivity contribution in [1.82, 2.24) is 10.3 Å². The van der Waals surface area contributed by atoms with E-state index < -0.39 is 5.91 Å². The van der Waals surface area contributed by atoms with E-state index in [1.165, 1.54) is 11.8 Å². The Morgan fingerprint density at radius 1 is 1.12 bits per heavy atom. The van der Waals surface area contributed by atoms with E-state index >= 15 is 0 Å². The summed E-state index contributed by atoms with van der Waals surface area (Å²) in [5.41, 5.74) is 4.89. The second-order valence-corrected chi connectivity index (χ2v) is 8.88. The Morgan fingerprint density at radius 3 is 2.53 bits per heavy atom. The van der Waals surface area contributed by atoms with Gasteiger partial charge in [-0.1, -0.05) is 18.2 Å². The molecule has 1 amide bonds. The van der Waals surface area contributed by atoms with Crippen LogP contribution in [0.25, 0.3) is 20.8 Å². The molecule has 0 aliphatic carbocycles. The zero-order chi connectivity index (χ0) is 24.1. The minimum Gasteiger partial charge on any atom is -0.497 e. The highest BCUT2D eigenvalue weighted by molar-refractivity contribution is 7.21. The van der Waals surface area contributed by atoms with Gasteiger partial charge in [0.2, 0.25) is 0 Å². The number of methoxy groups -OCH3 is 1. The monoisotopic (exact) mass is 468 g/mol. The third-order valence-corrected chi connectivity index (χ3v) is 6.45. The second-order valence-electron chi connectivity index (χ2n) is 7.85. The van der Waals surface area contributed by atoms with Crippen LogP contribution in [0, 0.1) is 18.3 Å². The average molecular weight is 469 g/mol. The number of aryl methyl sites for hydroxylation is 1. The Bertz CT molecular complexity index is 1380. The number of ether oxygens (including phenoxy) is 1. The smallest absolute Gasteiger partial charge is 0.263 e. The first-order valence-corrected chi connectivity index (χ1v) is 11.6. The molecule has 6 nitrogen and oxygen atoms in total. The number of carbonyl (C=O) groups excluding carboxylic acids is 1. The number of nitrogens with one attached hydrogen (secondary N) is 2. The van der Waals surface area contributed by atoms with E-state index in [0.29, 0.717) is 0 Å². The summed E-state index contributed by atoms with van der Waals surface area (Å²) in [6.45, 7) is 3.94. The number of nitriles is 1. The van der Waals surface area contributed by atoms with Crippen molar-refractivity contribution in [3.8, 4) is 22.4 Å². The van der Waals surface area contributed by atoms with Gasteiger partial charge in [-0.05, 0) is 73.5 Å². The molecule has 0 saturated heterocycles. The van der Waals surface area contributed by atoms with E-state index in [0.717, 1.165) is 37.8 Å². The molecular weight excluding hydrogens is 444 g/mol. The Labute approximate surface area is 202 Å². The number of carbonyl (C=O) groups is 1. The van der Waals surface area contributed by atoms with Gasteiger partial charge in [-0.2, -0.15) is 5.26 Å². The summed E-state index contributed by atoms with van der Waals surface area (Å²) in [7, 11) is 1.60. The molecule has 1 aromatic heterocycles. The van der Waals surface area contributed by atoms with Crippen molar-refractivity contribution in [3.05, 3.63) is 89.6 Å². The van der Waals surface area contributed by atoms with Crippen molar-refractivity contribution in [2.75, 3.05) is 12.4 Å². The number of amides is 1. The van der Waals surface area contributed by atoms with E-state index in [2.05, 4.69) is 29.7 Å². The topological polar surface area (TPSA) is 87.0 Å². The van der Waals surface area contributed by atoms with Crippen molar-refractivity contribution >= 4 is 33.1 Å². The summed E-state index contributed by atoms with van der Waals surface area (Å²) in [5, 5.41) is 16.3. The van der Waals surface area contributed by atoms with Crippen LogP contribution in [0.5, 0.6) is 5.75 Å². The van der Waals surface area contributed by atoms with E-state index in [1.54, 1.807) is 18.4 Å². The summed E-state index contributed by atoms with van der Waals surface area (Å²) in [6.07, 6.45) is 1.42. The molecule has 3 aromatic carbocycles. The van der Waals surface area contributed by atoms with E-state index in [1.807, 2.05) is 67.6 Å². The molecule has 1 atom stereocenters. The zero-order valence-electron chi connectivity index (χ0n) is 19.1. The van der Waals surface area contributed by atoms with Gasteiger partial charge in [-0.3, -0.25) is 4.79 Å². The predicted molar refractivity (Wildman–Crippen MR) is 137 cm³/mol. The summed E-state index contributed by atoms with van der Waals surface area (Å²) in [5.74, 6) is 0.299. The molecule has 0 bridgehead atoms. The van der Waals surface area contributed by atoms with Crippen molar-refractivity contribution < 1.29 is 9.53 Å². The molecule has 4 rings (SSSR count). The first-order valence-electron chi connectivity index (χ1n) is 10.8. The number of nitrogens with zero attached hydrogens (tertiary/aromatic N) is 2. The SMILES string of the molecule is COc1ccc(C(C)NC(=O)/C(C#N)=C\Nc2ccc(-c3nc4ccc(C)cc4s3)cc2)cc1. The van der Waals surface area contributed by atoms with Crippen LogP contribution < -0.4 is 15.4 Å². The Morgan fingerprint density at radius 2 is 1.85 bits per heavy atom. The normalized spacial score (nSPS) is 12.1. The van der Waals surface area contributed by atoms with Crippen molar-refractivity contribution in [2.45, 2.75) is 19.9 Å². The van der Waals surface area contributed by atoms with Crippen molar-refractivity contribution in [3.63, 3.8) is 0 Å². The maximum Gasteiger partial charge on any atom is 0.263 e. The van der Waals surface area contributed by atoms with Crippen LogP contribution in [0.2, 0.25) is 0 Å². The highest BCUT2D eigenvalue weighted by Crippen LogP contribution is 2.31. The molecule has 170 valence electrons. The fourth-order valence-corrected chi connectivity index (χ4v) is 4.49. The molecule has 0 fully saturated rings. The van der Waals surface area contributed by atoms with Gasteiger partial charge in [0, 0.05) is 17.5 Å². The molecule has 0 aliphatic heterocycles. The Kier molecular flexibility index (Phi) is 6.90. The minimum absolute atomic E-state index is 0.00835. The number of aromatic nitrogens is 1. The van der Waals surface area contributed by atoms with Crippen LogP contribution in [-0.4, -0.2) is 18.0 Å². The van der Waals surface area contributed by atoms with Crippen molar-refractivity contribution in [2.24, 2.45) is 0 Å². The maximum atomic E-state index is 12.6. The summed E-state index contributed by atoms with van der Waals surface area (Å²) in [6, 6.07) is 23.1. The molecule has 0 radical (unpaired) electrons. The number of anilines is 1. The molecule has 4 aromatic rings. The summed E-state index contributed by atoms with van der Waals surface area (Å²) < 4.78 is 6.32. The predicted octanol–water partition coefficient (Wildman–Crippen LogP) is 5.98. The maximum absolute atomic E-state index is 12.6. The lowest BCUT2D eigenvalue weighted by Crippen LogP contribution is -2.28. The number of fused-ring (bicyclic) bond motifs is 1. The van der Waals surface area contributed by atoms with Gasteiger partial charge in [0.15, 0.2) is 0 Å². The largest absolute Gasteiger partial charge is 0.497 e. The third-order valence-electron chi connectivity index (χ3n) is 5.39. The van der Waals surface area contributed by atoms with Gasteiger partial charge in [-0.15, -0.1) is 11.3 Å². The van der Waals surface area contributed by atoms with Crippen LogP contribution in [-0.2, 0) is 4.79 Å². The highest BCUT2D eigenvalue weighted by atomic mass is 32.1. The molecule has 0 spiro atoms. The molecular formula is C27H24N4O2S. The van der Waals surface area contributed by atoms with Gasteiger partial charge in [0.1, 0.15) is 22.4 Å². The first kappa shape index (κ1) is 23.0. The van der Waals surface area contributed by atoms with Gasteiger partial charge in [0.05, 0.1) is 23.4 Å². The van der Waals surface area contributed by atoms with Crippen LogP contribution in [0.4, 0.5) is 5.69 Å². The van der Waals surface area contributed by atoms with Crippen LogP contribution in [0.15, 0.2) is 78.5 Å². The van der Waals surface area contributed by atoms with Gasteiger partial charge in [-0.25, -0.2) is 4.98 Å². The quantitative estimate of drug-likeness (QED) is 0.257. The lowest BCUT2D eigenvalue weighted by atomic mass is 10.1. The number of thiazole rings is 1. The second kappa shape index (κ2) is 10.2. The molecule has 1 heterocycles. The van der Waals surface area contributed by atoms with Crippen molar-refractivity contribution in [1.29, 1.82) is 5.26 Å². The van der Waals surface area contributed by atoms with Crippen LogP contribution in [0.1, 0.15) is 24.1 Å². The van der Waals surface area contributed by atoms with Crippen LogP contribution in [0.3, 0.4) is 0 Å². The molecule has 1 unspecified atom stereocenters. The lowest BCUT2D eigenvalue weighted by molar-refractivity contribution is -0.117. The van der Waals surface area contributed by atoms with Gasteiger partial charge in [0.25, 0.3) is 5.91 Å². The summed E-state index contributed by atoms with van der Waals surface area (Å²) in [4.78, 5) is 17.3. The van der Waals surface area contributed by atoms with Gasteiger partial charge >= 0.3 is 0 Å². The number of benzene rings is 3. The highest BCUT2D eigenvalue weighted by Gasteiger charge is 2.14. The molecule has 0 aliphatic rings. The first-order chi connectivity index (χ1) is 16.5. The third kappa shape index (κ3) is 5.25.